The lowest BCUT2D eigenvalue weighted by Gasteiger charge is -2.19. The van der Waals surface area contributed by atoms with E-state index in [1.54, 1.807) is 34.4 Å². The maximum atomic E-state index is 12.2. The van der Waals surface area contributed by atoms with Crippen LogP contribution in [0.3, 0.4) is 0 Å². The zero-order chi connectivity index (χ0) is 23.5. The largest absolute Gasteiger partial charge is 0.465 e. The van der Waals surface area contributed by atoms with Crippen LogP contribution in [0.15, 0.2) is 42.5 Å². The van der Waals surface area contributed by atoms with Crippen molar-refractivity contribution >= 4 is 23.2 Å². The molecule has 1 saturated heterocycles. The lowest BCUT2D eigenvalue weighted by molar-refractivity contribution is -0.134. The summed E-state index contributed by atoms with van der Waals surface area (Å²) < 4.78 is 10.9. The third-order valence-electron chi connectivity index (χ3n) is 5.38. The molecule has 1 aliphatic rings. The highest BCUT2D eigenvalue weighted by molar-refractivity contribution is 7.14. The molecule has 1 fully saturated rings. The zero-order valence-electron chi connectivity index (χ0n) is 18.6. The maximum absolute atomic E-state index is 12.2. The van der Waals surface area contributed by atoms with Crippen LogP contribution < -0.4 is 4.74 Å². The molecular formula is C24H25N3O5S. The van der Waals surface area contributed by atoms with E-state index < -0.39 is 12.1 Å². The van der Waals surface area contributed by atoms with Crippen LogP contribution in [0.4, 0.5) is 0 Å². The number of esters is 1. The molecule has 1 aromatic heterocycles. The van der Waals surface area contributed by atoms with E-state index in [2.05, 4.69) is 24.0 Å². The number of hydrogen-bond donors (Lipinski definition) is 1. The number of nitrogens with zero attached hydrogens (tertiary/aromatic N) is 3. The smallest absolute Gasteiger partial charge is 0.337 e. The molecule has 2 aromatic carbocycles. The summed E-state index contributed by atoms with van der Waals surface area (Å²) in [5.74, 6) is 0.552. The lowest BCUT2D eigenvalue weighted by atomic mass is 10.1. The molecule has 1 unspecified atom stereocenters. The molecule has 1 amide bonds. The number of aliphatic hydroxyl groups is 1. The van der Waals surface area contributed by atoms with Crippen molar-refractivity contribution in [3.8, 4) is 22.1 Å². The third kappa shape index (κ3) is 5.04. The highest BCUT2D eigenvalue weighted by Gasteiger charge is 2.30. The van der Waals surface area contributed by atoms with Crippen LogP contribution >= 0.6 is 11.3 Å². The number of likely N-dealkylation sites (tertiary alicyclic amines) is 1. The van der Waals surface area contributed by atoms with Gasteiger partial charge in [0.15, 0.2) is 0 Å². The molecule has 4 rings (SSSR count). The Balaban J connectivity index is 1.58. The molecule has 172 valence electrons. The van der Waals surface area contributed by atoms with Crippen LogP contribution in [-0.4, -0.2) is 51.8 Å². The van der Waals surface area contributed by atoms with E-state index in [4.69, 9.17) is 9.47 Å². The number of benzene rings is 2. The normalized spacial score (nSPS) is 15.8. The van der Waals surface area contributed by atoms with Crippen LogP contribution in [0.1, 0.15) is 47.1 Å². The van der Waals surface area contributed by atoms with Gasteiger partial charge in [0.2, 0.25) is 0 Å². The van der Waals surface area contributed by atoms with E-state index in [0.717, 1.165) is 21.1 Å². The van der Waals surface area contributed by atoms with Gasteiger partial charge in [-0.15, -0.1) is 10.2 Å². The summed E-state index contributed by atoms with van der Waals surface area (Å²) in [6.45, 7) is 4.90. The molecule has 8 nitrogen and oxygen atoms in total. The molecule has 3 aromatic rings. The molecule has 1 atom stereocenters. The molecule has 1 N–H and O–H groups in total. The van der Waals surface area contributed by atoms with Gasteiger partial charge < -0.3 is 19.5 Å². The second kappa shape index (κ2) is 9.68. The summed E-state index contributed by atoms with van der Waals surface area (Å²) in [5, 5.41) is 20.1. The standard InChI is InChI=1S/C24H25N3O5S/c1-14(2)21-25-26-22(33-21)15-6-8-18(9-7-15)32-20-12-16(24(30)31-3)4-5-17(20)13-27-11-10-19(28)23(27)29/h4-9,12,14,19,28H,10-11,13H2,1-3H3. The summed E-state index contributed by atoms with van der Waals surface area (Å²) >= 11 is 1.56. The second-order valence-electron chi connectivity index (χ2n) is 8.10. The van der Waals surface area contributed by atoms with Gasteiger partial charge in [-0.25, -0.2) is 4.79 Å². The highest BCUT2D eigenvalue weighted by Crippen LogP contribution is 2.32. The summed E-state index contributed by atoms with van der Waals surface area (Å²) in [7, 11) is 1.32. The average Bonchev–Trinajstić information content (AvgIpc) is 3.43. The number of methoxy groups -OCH3 is 1. The van der Waals surface area contributed by atoms with Gasteiger partial charge in [-0.1, -0.05) is 31.3 Å². The molecule has 0 aliphatic carbocycles. The molecule has 0 radical (unpaired) electrons. The first-order valence-corrected chi connectivity index (χ1v) is 11.5. The van der Waals surface area contributed by atoms with Crippen molar-refractivity contribution in [3.63, 3.8) is 0 Å². The Labute approximate surface area is 195 Å². The first-order chi connectivity index (χ1) is 15.9. The lowest BCUT2D eigenvalue weighted by Crippen LogP contribution is -2.29. The molecule has 2 heterocycles. The molecule has 9 heteroatoms. The Hall–Kier alpha value is -3.30. The number of hydrogen-bond acceptors (Lipinski definition) is 8. The van der Waals surface area contributed by atoms with Crippen LogP contribution in [0.2, 0.25) is 0 Å². The molecule has 33 heavy (non-hydrogen) atoms. The van der Waals surface area contributed by atoms with Crippen molar-refractivity contribution in [1.29, 1.82) is 0 Å². The fourth-order valence-corrected chi connectivity index (χ4v) is 4.34. The minimum atomic E-state index is -0.965. The van der Waals surface area contributed by atoms with E-state index in [9.17, 15) is 14.7 Å². The fourth-order valence-electron chi connectivity index (χ4n) is 3.49. The van der Waals surface area contributed by atoms with Crippen molar-refractivity contribution in [1.82, 2.24) is 15.1 Å². The van der Waals surface area contributed by atoms with Gasteiger partial charge >= 0.3 is 5.97 Å². The number of aromatic nitrogens is 2. The minimum absolute atomic E-state index is 0.271. The number of aliphatic hydroxyl groups excluding tert-OH is 1. The van der Waals surface area contributed by atoms with Gasteiger partial charge in [-0.2, -0.15) is 0 Å². The van der Waals surface area contributed by atoms with Gasteiger partial charge in [0.05, 0.1) is 12.7 Å². The Morgan fingerprint density at radius 3 is 2.58 bits per heavy atom. The Kier molecular flexibility index (Phi) is 6.71. The van der Waals surface area contributed by atoms with E-state index in [1.165, 1.54) is 7.11 Å². The Morgan fingerprint density at radius 1 is 1.21 bits per heavy atom. The topological polar surface area (TPSA) is 102 Å². The van der Waals surface area contributed by atoms with Crippen LogP contribution in [0, 0.1) is 0 Å². The number of ether oxygens (including phenoxy) is 2. The maximum Gasteiger partial charge on any atom is 0.337 e. The van der Waals surface area contributed by atoms with Crippen molar-refractivity contribution in [2.45, 2.75) is 38.8 Å². The molecule has 1 aliphatic heterocycles. The van der Waals surface area contributed by atoms with Crippen molar-refractivity contribution in [3.05, 3.63) is 58.6 Å². The van der Waals surface area contributed by atoms with Crippen LogP contribution in [0.5, 0.6) is 11.5 Å². The molecule has 0 spiro atoms. The monoisotopic (exact) mass is 467 g/mol. The zero-order valence-corrected chi connectivity index (χ0v) is 19.5. The number of carbonyl (C=O) groups excluding carboxylic acids is 2. The summed E-state index contributed by atoms with van der Waals surface area (Å²) in [4.78, 5) is 25.8. The van der Waals surface area contributed by atoms with Crippen LogP contribution in [0.25, 0.3) is 10.6 Å². The van der Waals surface area contributed by atoms with E-state index in [0.29, 0.717) is 35.9 Å². The Bertz CT molecular complexity index is 1160. The van der Waals surface area contributed by atoms with Crippen molar-refractivity contribution < 1.29 is 24.2 Å². The number of amides is 1. The van der Waals surface area contributed by atoms with Crippen molar-refractivity contribution in [2.75, 3.05) is 13.7 Å². The van der Waals surface area contributed by atoms with Crippen molar-refractivity contribution in [2.24, 2.45) is 0 Å². The van der Waals surface area contributed by atoms with Gasteiger partial charge in [-0.05, 0) is 42.8 Å². The molecule has 0 saturated carbocycles. The molecular weight excluding hydrogens is 442 g/mol. The summed E-state index contributed by atoms with van der Waals surface area (Å²) in [5.41, 5.74) is 2.00. The fraction of sp³-hybridized carbons (Fsp3) is 0.333. The average molecular weight is 468 g/mol. The predicted octanol–water partition coefficient (Wildman–Crippen LogP) is 4.00. The number of rotatable bonds is 7. The summed E-state index contributed by atoms with van der Waals surface area (Å²) in [6, 6.07) is 12.4. The Morgan fingerprint density at radius 2 is 1.97 bits per heavy atom. The predicted molar refractivity (Wildman–Crippen MR) is 123 cm³/mol. The third-order valence-corrected chi connectivity index (χ3v) is 6.66. The van der Waals surface area contributed by atoms with E-state index in [1.807, 2.05) is 24.3 Å². The quantitative estimate of drug-likeness (QED) is 0.524. The minimum Gasteiger partial charge on any atom is -0.465 e. The molecule has 0 bridgehead atoms. The SMILES string of the molecule is COC(=O)c1ccc(CN2CCC(O)C2=O)c(Oc2ccc(-c3nnc(C(C)C)s3)cc2)c1. The first-order valence-electron chi connectivity index (χ1n) is 10.7. The van der Waals surface area contributed by atoms with Gasteiger partial charge in [0.1, 0.15) is 27.6 Å². The highest BCUT2D eigenvalue weighted by atomic mass is 32.1. The number of carbonyl (C=O) groups is 2. The van der Waals surface area contributed by atoms with E-state index in [-0.39, 0.29) is 12.5 Å². The van der Waals surface area contributed by atoms with Gasteiger partial charge in [0, 0.05) is 30.1 Å². The second-order valence-corrected chi connectivity index (χ2v) is 9.11. The van der Waals surface area contributed by atoms with Gasteiger partial charge in [0.25, 0.3) is 5.91 Å². The first kappa shape index (κ1) is 22.9. The van der Waals surface area contributed by atoms with Gasteiger partial charge in [-0.3, -0.25) is 4.79 Å². The summed E-state index contributed by atoms with van der Waals surface area (Å²) in [6.07, 6.45) is -0.561. The van der Waals surface area contributed by atoms with E-state index >= 15 is 0 Å². The van der Waals surface area contributed by atoms with Crippen LogP contribution in [-0.2, 0) is 16.1 Å².